The minimum Gasteiger partial charge on any atom is -0.394 e. The maximum atomic E-state index is 11.4. The van der Waals surface area contributed by atoms with Gasteiger partial charge in [-0.25, -0.2) is 0 Å². The highest BCUT2D eigenvalue weighted by molar-refractivity contribution is 5.05. The maximum Gasteiger partial charge on any atom is 0.187 e. The van der Waals surface area contributed by atoms with Crippen LogP contribution in [0.2, 0.25) is 0 Å². The molecule has 0 unspecified atom stereocenters. The van der Waals surface area contributed by atoms with Crippen LogP contribution >= 0.6 is 0 Å². The van der Waals surface area contributed by atoms with Crippen LogP contribution in [0.15, 0.2) is 0 Å². The molecule has 37 nitrogen and oxygen atoms in total. The Labute approximate surface area is 455 Å². The number of hydrogen-bond acceptors (Lipinski definition) is 37. The minimum absolute atomic E-state index is 1.09. The summed E-state index contributed by atoms with van der Waals surface area (Å²) in [5.74, 6) is 0. The zero-order valence-corrected chi connectivity index (χ0v) is 41.9. The van der Waals surface area contributed by atoms with Crippen LogP contribution in [-0.4, -0.2) is 367 Å². The predicted molar refractivity (Wildman–Crippen MR) is 238 cm³/mol. The first-order chi connectivity index (χ1) is 38.5. The van der Waals surface area contributed by atoms with Gasteiger partial charge in [-0.3, -0.25) is 0 Å². The van der Waals surface area contributed by atoms with Crippen molar-refractivity contribution in [2.45, 2.75) is 227 Å². The van der Waals surface area contributed by atoms with E-state index in [4.69, 9.17) is 66.3 Å². The molecule has 0 radical (unpaired) electrons. The summed E-state index contributed by atoms with van der Waals surface area (Å²) in [6.07, 6.45) is -79.5. The largest absolute Gasteiger partial charge is 0.394 e. The number of nitrogens with zero attached hydrogens (tertiary/aromatic N) is 2. The van der Waals surface area contributed by atoms with Crippen LogP contribution in [0.3, 0.4) is 0 Å². The smallest absolute Gasteiger partial charge is 0.187 e. The first-order valence-electron chi connectivity index (χ1n) is 25.4. The molecule has 0 aromatic carbocycles. The number of aliphatic hydroxyl groups is 21. The molecule has 0 saturated carbocycles. The van der Waals surface area contributed by atoms with Gasteiger partial charge in [0.15, 0.2) is 56.2 Å². The molecule has 0 aromatic rings. The van der Waals surface area contributed by atoms with Crippen molar-refractivity contribution in [2.75, 3.05) is 33.0 Å². The van der Waals surface area contributed by atoms with Crippen molar-refractivity contribution >= 4 is 0 Å². The average molecular weight is 1190 g/mol. The van der Waals surface area contributed by atoms with Crippen LogP contribution in [0.4, 0.5) is 0 Å². The average Bonchev–Trinajstić information content (AvgIpc) is 3.46. The van der Waals surface area contributed by atoms with Crippen LogP contribution in [0, 0.1) is 22.7 Å². The zero-order valence-electron chi connectivity index (χ0n) is 41.9. The van der Waals surface area contributed by atoms with Crippen molar-refractivity contribution in [2.24, 2.45) is 0 Å². The summed E-state index contributed by atoms with van der Waals surface area (Å²) in [5, 5.41) is 252. The third kappa shape index (κ3) is 12.6. The summed E-state index contributed by atoms with van der Waals surface area (Å²) >= 11 is 0. The lowest BCUT2D eigenvalue weighted by Gasteiger charge is -2.50. The minimum atomic E-state index is -2.35. The van der Waals surface area contributed by atoms with Gasteiger partial charge in [-0.1, -0.05) is 0 Å². The molecule has 14 bridgehead atoms. The summed E-state index contributed by atoms with van der Waals surface area (Å²) < 4.78 is 79.2. The highest BCUT2D eigenvalue weighted by Gasteiger charge is 2.60. The molecular formula is C44H68N2O35. The van der Waals surface area contributed by atoms with Gasteiger partial charge in [-0.15, -0.1) is 0 Å². The number of rotatable bonds is 7. The molecule has 81 heavy (non-hydrogen) atoms. The Hall–Kier alpha value is -2.42. The molecule has 21 heterocycles. The van der Waals surface area contributed by atoms with Crippen molar-refractivity contribution in [3.8, 4) is 12.1 Å². The van der Waals surface area contributed by atoms with E-state index < -0.39 is 260 Å². The third-order valence-corrected chi connectivity index (χ3v) is 15.2. The van der Waals surface area contributed by atoms with E-state index in [-0.39, 0.29) is 0 Å². The molecule has 37 heteroatoms. The van der Waals surface area contributed by atoms with Crippen molar-refractivity contribution in [3.63, 3.8) is 0 Å². The lowest BCUT2D eigenvalue weighted by molar-refractivity contribution is -0.398. The Balaban J connectivity index is 1.11. The zero-order chi connectivity index (χ0) is 59.2. The van der Waals surface area contributed by atoms with Crippen LogP contribution in [0.25, 0.3) is 0 Å². The number of hydrogen-bond donors (Lipinski definition) is 21. The third-order valence-electron chi connectivity index (χ3n) is 15.2. The van der Waals surface area contributed by atoms with Crippen LogP contribution in [0.5, 0.6) is 0 Å². The molecule has 21 saturated heterocycles. The molecule has 21 aliphatic heterocycles. The molecule has 0 amide bonds. The molecule has 21 fully saturated rings. The van der Waals surface area contributed by atoms with E-state index in [9.17, 15) is 118 Å². The Morgan fingerprint density at radius 2 is 0.407 bits per heavy atom. The van der Waals surface area contributed by atoms with Crippen molar-refractivity contribution in [3.05, 3.63) is 0 Å². The summed E-state index contributed by atoms with van der Waals surface area (Å²) in [7, 11) is 0. The van der Waals surface area contributed by atoms with Gasteiger partial charge in [0.05, 0.1) is 45.2 Å². The molecule has 0 spiro atoms. The van der Waals surface area contributed by atoms with Gasteiger partial charge >= 0.3 is 0 Å². The van der Waals surface area contributed by atoms with E-state index in [1.54, 1.807) is 0 Å². The predicted octanol–water partition coefficient (Wildman–Crippen LogP) is -15.4. The Morgan fingerprint density at radius 1 is 0.247 bits per heavy atom. The first-order valence-corrected chi connectivity index (χ1v) is 25.4. The highest BCUT2D eigenvalue weighted by Crippen LogP contribution is 2.39. The molecule has 464 valence electrons. The van der Waals surface area contributed by atoms with Crippen LogP contribution < -0.4 is 0 Å². The monoisotopic (exact) mass is 1180 g/mol. The standard InChI is InChI=1S/C44H68N2O35/c45-1-8(52)29-36-21(60)28(67)44(74-29)79-35-14(7-51)70-40(24(63)17(35)56)77-33-12(5-49)72-42(26(65)19(33)58)81-37-20(59)27(66)43(73-30(37)9(53)2-46)78-34-13(6-50)69-39(23(62)16(34)55)75-31-10(3-47)68-38(22(61)15(31)54)76-32-11(4-48)71-41(80-36)25(64)18(32)57/h8-44,47-67H,3-7H2/t8-,9-,10+,11+,12+,13+,14+,15+,16+,17+,18+,19+,20+,21+,22+,23+,24+,25+,26+,27+,28+,29+,30+,31+,32+,33+,34+,35+,36-,37-,38+,39+,40+,41+,42+,43-,44-/m0/s1. The van der Waals surface area contributed by atoms with Gasteiger partial charge in [0, 0.05) is 0 Å². The van der Waals surface area contributed by atoms with Gasteiger partial charge in [0.25, 0.3) is 0 Å². The van der Waals surface area contributed by atoms with Crippen molar-refractivity contribution in [1.29, 1.82) is 10.5 Å². The summed E-state index contributed by atoms with van der Waals surface area (Å²) in [6, 6.07) is 2.81. The van der Waals surface area contributed by atoms with Crippen molar-refractivity contribution in [1.82, 2.24) is 0 Å². The fraction of sp³-hybridized carbons (Fsp3) is 0.955. The highest BCUT2D eigenvalue weighted by atomic mass is 16.8. The van der Waals surface area contributed by atoms with Crippen LogP contribution in [-0.2, 0) is 66.3 Å². The summed E-state index contributed by atoms with van der Waals surface area (Å²) in [5.41, 5.74) is 0. The molecular weight excluding hydrogens is 1120 g/mol. The van der Waals surface area contributed by atoms with E-state index in [0.717, 1.165) is 0 Å². The van der Waals surface area contributed by atoms with E-state index in [0.29, 0.717) is 0 Å². The van der Waals surface area contributed by atoms with Gasteiger partial charge in [0.1, 0.15) is 171 Å². The molecule has 21 N–H and O–H groups in total. The second-order valence-electron chi connectivity index (χ2n) is 20.3. The van der Waals surface area contributed by atoms with Gasteiger partial charge in [0.2, 0.25) is 0 Å². The first kappa shape index (κ1) is 64.6. The fourth-order valence-electron chi connectivity index (χ4n) is 10.7. The number of ether oxygens (including phenoxy) is 14. The number of nitriles is 2. The molecule has 0 aromatic heterocycles. The second kappa shape index (κ2) is 27.1. The lowest BCUT2D eigenvalue weighted by atomic mass is 9.93. The van der Waals surface area contributed by atoms with Gasteiger partial charge in [-0.2, -0.15) is 10.5 Å². The van der Waals surface area contributed by atoms with Gasteiger partial charge < -0.3 is 174 Å². The van der Waals surface area contributed by atoms with E-state index in [2.05, 4.69) is 0 Å². The quantitative estimate of drug-likeness (QED) is 0.105. The fourth-order valence-corrected chi connectivity index (χ4v) is 10.7. The molecule has 37 atom stereocenters. The topological polar surface area (TPSA) is 602 Å². The van der Waals surface area contributed by atoms with Crippen molar-refractivity contribution < 1.29 is 174 Å². The summed E-state index contributed by atoms with van der Waals surface area (Å²) in [6.45, 7) is -5.58. The summed E-state index contributed by atoms with van der Waals surface area (Å²) in [4.78, 5) is 0. The second-order valence-corrected chi connectivity index (χ2v) is 20.3. The van der Waals surface area contributed by atoms with E-state index in [1.165, 1.54) is 12.1 Å². The lowest BCUT2D eigenvalue weighted by Crippen LogP contribution is -2.69. The molecule has 0 aliphatic carbocycles. The van der Waals surface area contributed by atoms with Gasteiger partial charge in [-0.05, 0) is 0 Å². The van der Waals surface area contributed by atoms with E-state index in [1.807, 2.05) is 0 Å². The van der Waals surface area contributed by atoms with Crippen LogP contribution in [0.1, 0.15) is 0 Å². The Bertz CT molecular complexity index is 2070. The Morgan fingerprint density at radius 3 is 0.580 bits per heavy atom. The molecule has 21 aliphatic rings. The SMILES string of the molecule is N#C[C@H](O)[C@H]1O[C@H]2O[C@H]3[C@H](O)[C@@H](O)[C@@H](O[C@H]4[C@H](O)[C@@H](O)[C@@H](O[C@H]5[C@H](O)[C@@H](O)[C@@H](O[C@H]6[C@H](O)[C@@H](O)[C@@H](O[C@@H]6[C@@H](O)C#N)O[C@H]6[C@H](O)[C@@H](O)[C@@H](O[C@H]7[C@H](O)[C@@H](O)[C@@H](O[C@H]1[C@H](O)[C@H]2O)O[C@@H]7CO)O[C@@H]6CO)O[C@@H]5CO)O[C@@H]4CO)O[C@@H]3CO. The Kier molecular flexibility index (Phi) is 21.6. The number of aliphatic hydroxyl groups excluding tert-OH is 21. The normalized spacial score (nSPS) is 53.8. The van der Waals surface area contributed by atoms with E-state index >= 15 is 0 Å². The molecule has 21 rings (SSSR count). The maximum absolute atomic E-state index is 11.4.